The summed E-state index contributed by atoms with van der Waals surface area (Å²) in [4.78, 5) is 11.6. The van der Waals surface area contributed by atoms with Crippen molar-refractivity contribution in [2.75, 3.05) is 5.75 Å². The van der Waals surface area contributed by atoms with Gasteiger partial charge in [0.25, 0.3) is 0 Å². The van der Waals surface area contributed by atoms with Gasteiger partial charge in [0.15, 0.2) is 0 Å². The topological polar surface area (TPSA) is 37.3 Å². The van der Waals surface area contributed by atoms with Gasteiger partial charge in [-0.05, 0) is 25.5 Å². The van der Waals surface area contributed by atoms with E-state index in [2.05, 4.69) is 12.1 Å². The van der Waals surface area contributed by atoms with Gasteiger partial charge in [-0.25, -0.2) is 4.79 Å². The van der Waals surface area contributed by atoms with Gasteiger partial charge in [0.05, 0.1) is 0 Å². The second-order valence-corrected chi connectivity index (χ2v) is 4.41. The van der Waals surface area contributed by atoms with Crippen LogP contribution in [0.5, 0.6) is 0 Å². The first-order valence-corrected chi connectivity index (χ1v) is 5.75. The minimum atomic E-state index is -0.864. The number of carboxylic acid groups (broad SMARTS) is 1. The number of hydrogen-bond acceptors (Lipinski definition) is 2. The van der Waals surface area contributed by atoms with Crippen LogP contribution in [0.1, 0.15) is 13.3 Å². The molecule has 0 saturated carbocycles. The monoisotopic (exact) mass is 222 g/mol. The van der Waals surface area contributed by atoms with Crippen LogP contribution >= 0.6 is 11.8 Å². The smallest absolute Gasteiger partial charge is 0.328 e. The zero-order valence-electron chi connectivity index (χ0n) is 8.64. The third kappa shape index (κ3) is 5.27. The third-order valence-corrected chi connectivity index (χ3v) is 2.89. The second-order valence-electron chi connectivity index (χ2n) is 3.24. The molecule has 0 atom stereocenters. The summed E-state index contributed by atoms with van der Waals surface area (Å²) in [6, 6.07) is 10.1. The predicted octanol–water partition coefficient (Wildman–Crippen LogP) is 3.20. The fourth-order valence-corrected chi connectivity index (χ4v) is 2.14. The molecule has 0 aromatic heterocycles. The van der Waals surface area contributed by atoms with Gasteiger partial charge in [-0.15, -0.1) is 11.8 Å². The zero-order chi connectivity index (χ0) is 11.1. The summed E-state index contributed by atoms with van der Waals surface area (Å²) in [7, 11) is 0. The molecule has 3 heteroatoms. The lowest BCUT2D eigenvalue weighted by atomic mass is 10.2. The molecule has 0 fully saturated rings. The SMILES string of the molecule is CC(=CC(=O)O)CCSc1ccccc1. The first-order chi connectivity index (χ1) is 7.18. The van der Waals surface area contributed by atoms with E-state index >= 15 is 0 Å². The fraction of sp³-hybridized carbons (Fsp3) is 0.250. The van der Waals surface area contributed by atoms with Crippen LogP contribution < -0.4 is 0 Å². The van der Waals surface area contributed by atoms with Gasteiger partial charge in [0, 0.05) is 16.7 Å². The summed E-state index contributed by atoms with van der Waals surface area (Å²) in [5, 5.41) is 8.52. The Morgan fingerprint density at radius 1 is 1.40 bits per heavy atom. The quantitative estimate of drug-likeness (QED) is 0.614. The van der Waals surface area contributed by atoms with Crippen molar-refractivity contribution in [1.29, 1.82) is 0 Å². The first-order valence-electron chi connectivity index (χ1n) is 4.76. The second kappa shape index (κ2) is 6.30. The van der Waals surface area contributed by atoms with Crippen LogP contribution in [0, 0.1) is 0 Å². The molecule has 1 aromatic carbocycles. The van der Waals surface area contributed by atoms with E-state index in [9.17, 15) is 4.79 Å². The predicted molar refractivity (Wildman–Crippen MR) is 63.2 cm³/mol. The van der Waals surface area contributed by atoms with Gasteiger partial charge in [0.1, 0.15) is 0 Å². The third-order valence-electron chi connectivity index (χ3n) is 1.88. The Bertz CT molecular complexity index is 344. The van der Waals surface area contributed by atoms with Crippen LogP contribution in [0.25, 0.3) is 0 Å². The Morgan fingerprint density at radius 2 is 2.07 bits per heavy atom. The molecule has 0 radical (unpaired) electrons. The highest BCUT2D eigenvalue weighted by atomic mass is 32.2. The number of carboxylic acids is 1. The van der Waals surface area contributed by atoms with E-state index in [0.717, 1.165) is 17.7 Å². The number of allylic oxidation sites excluding steroid dienone is 1. The number of thioether (sulfide) groups is 1. The van der Waals surface area contributed by atoms with Crippen LogP contribution in [-0.4, -0.2) is 16.8 Å². The Labute approximate surface area is 94.0 Å². The van der Waals surface area contributed by atoms with Crippen molar-refractivity contribution in [3.63, 3.8) is 0 Å². The molecular weight excluding hydrogens is 208 g/mol. The van der Waals surface area contributed by atoms with E-state index in [0.29, 0.717) is 0 Å². The zero-order valence-corrected chi connectivity index (χ0v) is 9.46. The molecule has 0 spiro atoms. The Balaban J connectivity index is 2.31. The number of carbonyl (C=O) groups is 1. The summed E-state index contributed by atoms with van der Waals surface area (Å²) in [5.74, 6) is 0.0526. The largest absolute Gasteiger partial charge is 0.478 e. The maximum Gasteiger partial charge on any atom is 0.328 e. The maximum atomic E-state index is 10.4. The minimum absolute atomic E-state index is 0.811. The highest BCUT2D eigenvalue weighted by molar-refractivity contribution is 7.99. The molecule has 0 aliphatic carbocycles. The van der Waals surface area contributed by atoms with Gasteiger partial charge in [-0.3, -0.25) is 0 Å². The molecular formula is C12H14O2S. The van der Waals surface area contributed by atoms with E-state index in [1.165, 1.54) is 11.0 Å². The molecule has 0 heterocycles. The van der Waals surface area contributed by atoms with E-state index < -0.39 is 5.97 Å². The minimum Gasteiger partial charge on any atom is -0.478 e. The Hall–Kier alpha value is -1.22. The van der Waals surface area contributed by atoms with Gasteiger partial charge < -0.3 is 5.11 Å². The van der Waals surface area contributed by atoms with E-state index in [1.54, 1.807) is 11.8 Å². The molecule has 1 rings (SSSR count). The molecule has 15 heavy (non-hydrogen) atoms. The number of benzene rings is 1. The van der Waals surface area contributed by atoms with Gasteiger partial charge in [-0.1, -0.05) is 23.8 Å². The van der Waals surface area contributed by atoms with Gasteiger partial charge >= 0.3 is 5.97 Å². The summed E-state index contributed by atoms with van der Waals surface area (Å²) >= 11 is 1.74. The van der Waals surface area contributed by atoms with Crippen molar-refractivity contribution in [2.45, 2.75) is 18.2 Å². The molecule has 0 aliphatic rings. The lowest BCUT2D eigenvalue weighted by Gasteiger charge is -2.01. The van der Waals surface area contributed by atoms with Gasteiger partial charge in [-0.2, -0.15) is 0 Å². The highest BCUT2D eigenvalue weighted by Crippen LogP contribution is 2.19. The molecule has 0 saturated heterocycles. The van der Waals surface area contributed by atoms with E-state index in [1.807, 2.05) is 25.1 Å². The van der Waals surface area contributed by atoms with Crippen molar-refractivity contribution < 1.29 is 9.90 Å². The standard InChI is InChI=1S/C12H14O2S/c1-10(9-12(13)14)7-8-15-11-5-3-2-4-6-11/h2-6,9H,7-8H2,1H3,(H,13,14). The normalized spacial score (nSPS) is 11.4. The lowest BCUT2D eigenvalue weighted by molar-refractivity contribution is -0.131. The summed E-state index contributed by atoms with van der Waals surface area (Å²) in [6.45, 7) is 1.85. The number of rotatable bonds is 5. The van der Waals surface area contributed by atoms with E-state index in [-0.39, 0.29) is 0 Å². The summed E-state index contributed by atoms with van der Waals surface area (Å²) in [5.41, 5.74) is 0.908. The summed E-state index contributed by atoms with van der Waals surface area (Å²) < 4.78 is 0. The number of aliphatic carboxylic acids is 1. The van der Waals surface area contributed by atoms with Crippen molar-refractivity contribution in [2.24, 2.45) is 0 Å². The molecule has 0 unspecified atom stereocenters. The van der Waals surface area contributed by atoms with Crippen molar-refractivity contribution in [3.05, 3.63) is 42.0 Å². The van der Waals surface area contributed by atoms with Crippen LogP contribution in [0.15, 0.2) is 46.9 Å². The first kappa shape index (κ1) is 11.9. The number of hydrogen-bond donors (Lipinski definition) is 1. The molecule has 0 amide bonds. The Kier molecular flexibility index (Phi) is 4.98. The highest BCUT2D eigenvalue weighted by Gasteiger charge is 1.96. The fourth-order valence-electron chi connectivity index (χ4n) is 1.13. The lowest BCUT2D eigenvalue weighted by Crippen LogP contribution is -1.91. The van der Waals surface area contributed by atoms with Crippen LogP contribution in [0.3, 0.4) is 0 Å². The maximum absolute atomic E-state index is 10.4. The Morgan fingerprint density at radius 3 is 2.67 bits per heavy atom. The van der Waals surface area contributed by atoms with Crippen molar-refractivity contribution in [1.82, 2.24) is 0 Å². The molecule has 80 valence electrons. The molecule has 2 nitrogen and oxygen atoms in total. The average Bonchev–Trinajstić information content (AvgIpc) is 2.18. The van der Waals surface area contributed by atoms with Crippen LogP contribution in [0.2, 0.25) is 0 Å². The van der Waals surface area contributed by atoms with Crippen molar-refractivity contribution in [3.8, 4) is 0 Å². The molecule has 0 aliphatic heterocycles. The van der Waals surface area contributed by atoms with Crippen LogP contribution in [0.4, 0.5) is 0 Å². The molecule has 1 N–H and O–H groups in total. The summed E-state index contributed by atoms with van der Waals surface area (Å²) in [6.07, 6.45) is 2.08. The molecule has 0 bridgehead atoms. The molecule has 1 aromatic rings. The van der Waals surface area contributed by atoms with E-state index in [4.69, 9.17) is 5.11 Å². The van der Waals surface area contributed by atoms with Gasteiger partial charge in [0.2, 0.25) is 0 Å². The average molecular weight is 222 g/mol. The van der Waals surface area contributed by atoms with Crippen molar-refractivity contribution >= 4 is 17.7 Å². The van der Waals surface area contributed by atoms with Crippen LogP contribution in [-0.2, 0) is 4.79 Å².